The van der Waals surface area contributed by atoms with E-state index in [2.05, 4.69) is 17.2 Å². The predicted molar refractivity (Wildman–Crippen MR) is 144 cm³/mol. The summed E-state index contributed by atoms with van der Waals surface area (Å²) in [6.07, 6.45) is 7.84. The molecule has 1 atom stereocenters. The molecule has 35 heavy (non-hydrogen) atoms. The molecular formula is C27H32ClN2O4P. The summed E-state index contributed by atoms with van der Waals surface area (Å²) in [6, 6.07) is 13.1. The summed E-state index contributed by atoms with van der Waals surface area (Å²) in [7, 11) is -0.614. The van der Waals surface area contributed by atoms with Crippen molar-refractivity contribution >= 4 is 26.5 Å². The minimum Gasteiger partial charge on any atom is -0.467 e. The molecule has 8 heteroatoms. The second-order valence-corrected chi connectivity index (χ2v) is 8.81. The first kappa shape index (κ1) is 28.3. The fraction of sp³-hybridized carbons (Fsp3) is 0.222. The van der Waals surface area contributed by atoms with Gasteiger partial charge in [-0.3, -0.25) is 9.32 Å². The molecule has 0 saturated heterocycles. The molecule has 3 N–H and O–H groups in total. The number of aryl methyl sites for hydroxylation is 1. The van der Waals surface area contributed by atoms with Gasteiger partial charge in [0.25, 0.3) is 5.91 Å². The van der Waals surface area contributed by atoms with Gasteiger partial charge in [0.15, 0.2) is 15.8 Å². The van der Waals surface area contributed by atoms with Crippen molar-refractivity contribution in [2.75, 3.05) is 6.79 Å². The van der Waals surface area contributed by atoms with Crippen LogP contribution >= 0.6 is 20.6 Å². The Labute approximate surface area is 214 Å². The summed E-state index contributed by atoms with van der Waals surface area (Å²) in [5.41, 5.74) is 5.48. The van der Waals surface area contributed by atoms with E-state index in [1.807, 2.05) is 57.2 Å². The largest absolute Gasteiger partial charge is 0.467 e. The molecule has 0 heterocycles. The smallest absolute Gasteiger partial charge is 0.251 e. The Morgan fingerprint density at radius 2 is 1.91 bits per heavy atom. The van der Waals surface area contributed by atoms with E-state index in [1.54, 1.807) is 30.5 Å². The normalized spacial score (nSPS) is 12.4. The molecular weight excluding hydrogens is 483 g/mol. The number of allylic oxidation sites excluding steroid dienone is 4. The highest BCUT2D eigenvalue weighted by atomic mass is 35.5. The van der Waals surface area contributed by atoms with Crippen LogP contribution in [0.25, 0.3) is 0 Å². The minimum absolute atomic E-state index is 0.0211. The molecule has 0 bridgehead atoms. The average Bonchev–Trinajstić information content (AvgIpc) is 2.83. The van der Waals surface area contributed by atoms with Crippen LogP contribution in [0.5, 0.6) is 5.75 Å². The van der Waals surface area contributed by atoms with Crippen LogP contribution in [0, 0.1) is 6.92 Å². The monoisotopic (exact) mass is 514 g/mol. The summed E-state index contributed by atoms with van der Waals surface area (Å²) in [5, 5.41) is 6.68. The molecule has 186 valence electrons. The van der Waals surface area contributed by atoms with Crippen molar-refractivity contribution < 1.29 is 18.9 Å². The van der Waals surface area contributed by atoms with E-state index < -0.39 is 9.03 Å². The maximum Gasteiger partial charge on any atom is 0.251 e. The Morgan fingerprint density at radius 1 is 1.17 bits per heavy atom. The number of benzene rings is 2. The Morgan fingerprint density at radius 3 is 2.57 bits per heavy atom. The van der Waals surface area contributed by atoms with Gasteiger partial charge in [-0.1, -0.05) is 54.1 Å². The molecule has 0 aromatic heterocycles. The maximum atomic E-state index is 12.9. The van der Waals surface area contributed by atoms with Crippen LogP contribution in [-0.2, 0) is 22.3 Å². The first-order chi connectivity index (χ1) is 16.8. The molecule has 1 unspecified atom stereocenters. The summed E-state index contributed by atoms with van der Waals surface area (Å²) >= 11 is 6.37. The number of halogens is 1. The van der Waals surface area contributed by atoms with Crippen LogP contribution in [0.1, 0.15) is 30.5 Å². The zero-order valence-corrected chi connectivity index (χ0v) is 22.0. The van der Waals surface area contributed by atoms with Crippen molar-refractivity contribution in [3.63, 3.8) is 0 Å². The number of rotatable bonds is 13. The Kier molecular flexibility index (Phi) is 12.3. The van der Waals surface area contributed by atoms with E-state index >= 15 is 0 Å². The molecule has 2 aromatic rings. The third kappa shape index (κ3) is 10.5. The molecule has 2 aromatic carbocycles. The topological polar surface area (TPSA) is 79.8 Å². The molecule has 0 radical (unpaired) electrons. The second kappa shape index (κ2) is 15.2. The molecule has 0 aliphatic carbocycles. The number of hydrogen-bond donors (Lipinski definition) is 3. The number of carbonyl (C=O) groups excluding carboxylic acids is 1. The van der Waals surface area contributed by atoms with Gasteiger partial charge in [0.05, 0.1) is 0 Å². The summed E-state index contributed by atoms with van der Waals surface area (Å²) < 4.78 is 10.1. The number of carbonyl (C=O) groups is 1. The Balaban J connectivity index is 2.08. The predicted octanol–water partition coefficient (Wildman–Crippen LogP) is 5.87. The Bertz CT molecular complexity index is 1070. The zero-order chi connectivity index (χ0) is 25.6. The molecule has 6 nitrogen and oxygen atoms in total. The molecule has 0 fully saturated rings. The first-order valence-corrected chi connectivity index (χ1v) is 12.2. The van der Waals surface area contributed by atoms with Gasteiger partial charge in [0.1, 0.15) is 5.75 Å². The first-order valence-electron chi connectivity index (χ1n) is 11.0. The number of nitrogens with one attached hydrogen (secondary N) is 2. The highest BCUT2D eigenvalue weighted by molar-refractivity contribution is 7.24. The standard InChI is InChI=1S/C27H32ClN2O4P/c1-19(2)29-15-14-23(11-8-20(3)16-25-21(4)6-5-7-26(25)28)27(31)30-17-22-9-12-24(13-10-22)33-18-34-35-32/h5-15,29,32,35H,1,16-18H2,2-4H3,(H,30,31)/b15-14+,20-8-,23-11+. The lowest BCUT2D eigenvalue weighted by atomic mass is 10.0. The van der Waals surface area contributed by atoms with Crippen LogP contribution in [0.4, 0.5) is 0 Å². The summed E-state index contributed by atoms with van der Waals surface area (Å²) in [4.78, 5) is 21.6. The van der Waals surface area contributed by atoms with Crippen LogP contribution in [0.3, 0.4) is 0 Å². The maximum absolute atomic E-state index is 12.9. The Hall–Kier alpha value is -2.89. The van der Waals surface area contributed by atoms with Gasteiger partial charge in [0.2, 0.25) is 0 Å². The van der Waals surface area contributed by atoms with Crippen LogP contribution < -0.4 is 15.4 Å². The van der Waals surface area contributed by atoms with E-state index in [0.29, 0.717) is 24.3 Å². The molecule has 0 aliphatic heterocycles. The van der Waals surface area contributed by atoms with Gasteiger partial charge >= 0.3 is 0 Å². The van der Waals surface area contributed by atoms with Crippen LogP contribution in [0.2, 0.25) is 5.02 Å². The highest BCUT2D eigenvalue weighted by Gasteiger charge is 2.07. The van der Waals surface area contributed by atoms with Crippen LogP contribution in [0.15, 0.2) is 90.3 Å². The second-order valence-electron chi connectivity index (χ2n) is 7.93. The minimum atomic E-state index is -0.614. The number of ether oxygens (including phenoxy) is 1. The van der Waals surface area contributed by atoms with Gasteiger partial charge in [-0.25, -0.2) is 0 Å². The van der Waals surface area contributed by atoms with E-state index in [0.717, 1.165) is 33.0 Å². The molecule has 2 rings (SSSR count). The van der Waals surface area contributed by atoms with Crippen molar-refractivity contribution in [2.45, 2.75) is 33.7 Å². The molecule has 0 aliphatic rings. The average molecular weight is 515 g/mol. The summed E-state index contributed by atoms with van der Waals surface area (Å²) in [5.74, 6) is 0.405. The highest BCUT2D eigenvalue weighted by Crippen LogP contribution is 2.22. The summed E-state index contributed by atoms with van der Waals surface area (Å²) in [6.45, 7) is 10.0. The zero-order valence-electron chi connectivity index (χ0n) is 20.2. The van der Waals surface area contributed by atoms with E-state index in [1.165, 1.54) is 0 Å². The van der Waals surface area contributed by atoms with E-state index in [4.69, 9.17) is 25.8 Å². The van der Waals surface area contributed by atoms with Crippen molar-refractivity contribution in [1.29, 1.82) is 0 Å². The SMILES string of the molecule is C=C(C)N/C=C/C(=C\C=C(\C)Cc1c(C)cccc1Cl)C(=O)NCc1ccc(OCOPO)cc1. The lowest BCUT2D eigenvalue weighted by molar-refractivity contribution is -0.117. The van der Waals surface area contributed by atoms with Gasteiger partial charge in [-0.05, 0) is 74.2 Å². The molecule has 0 spiro atoms. The van der Waals surface area contributed by atoms with Crippen molar-refractivity contribution in [3.05, 3.63) is 112 Å². The van der Waals surface area contributed by atoms with Crippen LogP contribution in [-0.4, -0.2) is 17.6 Å². The fourth-order valence-corrected chi connectivity index (χ4v) is 3.45. The molecule has 0 saturated carbocycles. The lowest BCUT2D eigenvalue weighted by Crippen LogP contribution is -2.24. The van der Waals surface area contributed by atoms with Crippen molar-refractivity contribution in [3.8, 4) is 5.75 Å². The van der Waals surface area contributed by atoms with E-state index in [-0.39, 0.29) is 12.7 Å². The van der Waals surface area contributed by atoms with Gasteiger partial charge in [-0.15, -0.1) is 0 Å². The quantitative estimate of drug-likeness (QED) is 0.102. The van der Waals surface area contributed by atoms with Gasteiger partial charge < -0.3 is 20.3 Å². The third-order valence-electron chi connectivity index (χ3n) is 4.94. The van der Waals surface area contributed by atoms with E-state index in [9.17, 15) is 4.79 Å². The third-order valence-corrected chi connectivity index (χ3v) is 5.54. The number of hydrogen-bond acceptors (Lipinski definition) is 5. The van der Waals surface area contributed by atoms with Gasteiger partial charge in [-0.2, -0.15) is 0 Å². The van der Waals surface area contributed by atoms with Gasteiger partial charge in [0, 0.05) is 29.0 Å². The fourth-order valence-electron chi connectivity index (χ4n) is 3.05. The van der Waals surface area contributed by atoms with Crippen molar-refractivity contribution in [1.82, 2.24) is 10.6 Å². The molecule has 1 amide bonds. The number of amides is 1. The lowest BCUT2D eigenvalue weighted by Gasteiger charge is -2.09. The van der Waals surface area contributed by atoms with Crippen molar-refractivity contribution in [2.24, 2.45) is 0 Å².